The summed E-state index contributed by atoms with van der Waals surface area (Å²) in [5.41, 5.74) is 3.82. The highest BCUT2D eigenvalue weighted by Crippen LogP contribution is 2.30. The van der Waals surface area contributed by atoms with Crippen molar-refractivity contribution < 1.29 is 13.6 Å². The van der Waals surface area contributed by atoms with Crippen LogP contribution in [0.4, 0.5) is 14.5 Å². The zero-order valence-corrected chi connectivity index (χ0v) is 10.9. The van der Waals surface area contributed by atoms with Gasteiger partial charge in [-0.2, -0.15) is 0 Å². The van der Waals surface area contributed by atoms with Crippen LogP contribution in [-0.2, 0) is 6.42 Å². The van der Waals surface area contributed by atoms with Crippen LogP contribution >= 0.6 is 0 Å². The second kappa shape index (κ2) is 4.71. The lowest BCUT2D eigenvalue weighted by Gasteiger charge is -2.08. The molecule has 0 unspecified atom stereocenters. The third-order valence-corrected chi connectivity index (χ3v) is 3.52. The van der Waals surface area contributed by atoms with Gasteiger partial charge in [0.15, 0.2) is 0 Å². The summed E-state index contributed by atoms with van der Waals surface area (Å²) in [7, 11) is 0. The van der Waals surface area contributed by atoms with Crippen LogP contribution in [0.5, 0.6) is 0 Å². The number of hydrogen-bond acceptors (Lipinski definition) is 1. The number of carbonyl (C=O) groups excluding carboxylic acids is 1. The van der Waals surface area contributed by atoms with Crippen LogP contribution in [0, 0.1) is 6.92 Å². The lowest BCUT2D eigenvalue weighted by Crippen LogP contribution is -2.11. The van der Waals surface area contributed by atoms with Gasteiger partial charge in [0.25, 0.3) is 12.3 Å². The first-order valence-corrected chi connectivity index (χ1v) is 6.36. The maximum Gasteiger partial charge on any atom is 0.263 e. The van der Waals surface area contributed by atoms with Crippen molar-refractivity contribution in [2.24, 2.45) is 0 Å². The molecule has 0 bridgehead atoms. The van der Waals surface area contributed by atoms with Crippen LogP contribution in [0.3, 0.4) is 0 Å². The van der Waals surface area contributed by atoms with E-state index < -0.39 is 6.43 Å². The fraction of sp³-hybridized carbons (Fsp3) is 0.188. The van der Waals surface area contributed by atoms with Crippen LogP contribution in [0.25, 0.3) is 0 Å². The molecule has 0 fully saturated rings. The molecule has 0 radical (unpaired) electrons. The molecule has 2 aromatic carbocycles. The average Bonchev–Trinajstić information content (AvgIpc) is 2.53. The van der Waals surface area contributed by atoms with Crippen molar-refractivity contribution in [3.05, 3.63) is 64.2 Å². The summed E-state index contributed by atoms with van der Waals surface area (Å²) in [4.78, 5) is 12.1. The van der Waals surface area contributed by atoms with E-state index in [4.69, 9.17) is 0 Å². The highest BCUT2D eigenvalue weighted by Gasteiger charge is 2.20. The van der Waals surface area contributed by atoms with Crippen molar-refractivity contribution in [1.29, 1.82) is 0 Å². The SMILES string of the molecule is Cc1ccc2c(c1)Cc1cc(C(F)F)ccc1NC2=O. The third kappa shape index (κ3) is 2.18. The van der Waals surface area contributed by atoms with Gasteiger partial charge in [-0.3, -0.25) is 4.79 Å². The van der Waals surface area contributed by atoms with E-state index in [2.05, 4.69) is 5.32 Å². The number of benzene rings is 2. The summed E-state index contributed by atoms with van der Waals surface area (Å²) >= 11 is 0. The topological polar surface area (TPSA) is 29.1 Å². The number of fused-ring (bicyclic) bond motifs is 2. The van der Waals surface area contributed by atoms with Gasteiger partial charge in [0, 0.05) is 23.2 Å². The molecule has 1 amide bonds. The highest BCUT2D eigenvalue weighted by molar-refractivity contribution is 6.06. The predicted octanol–water partition coefficient (Wildman–Crippen LogP) is 4.09. The molecule has 3 rings (SSSR count). The second-order valence-electron chi connectivity index (χ2n) is 5.01. The first kappa shape index (κ1) is 12.8. The molecule has 20 heavy (non-hydrogen) atoms. The van der Waals surface area contributed by atoms with E-state index in [9.17, 15) is 13.6 Å². The Morgan fingerprint density at radius 1 is 1.10 bits per heavy atom. The van der Waals surface area contributed by atoms with E-state index in [1.54, 1.807) is 12.1 Å². The van der Waals surface area contributed by atoms with E-state index in [0.29, 0.717) is 17.7 Å². The molecule has 1 aliphatic heterocycles. The third-order valence-electron chi connectivity index (χ3n) is 3.52. The van der Waals surface area contributed by atoms with Gasteiger partial charge in [-0.25, -0.2) is 8.78 Å². The van der Waals surface area contributed by atoms with Gasteiger partial charge >= 0.3 is 0 Å². The van der Waals surface area contributed by atoms with Gasteiger partial charge in [0.05, 0.1) is 0 Å². The normalized spacial score (nSPS) is 13.5. The Hall–Kier alpha value is -2.23. The van der Waals surface area contributed by atoms with Crippen molar-refractivity contribution in [1.82, 2.24) is 0 Å². The van der Waals surface area contributed by atoms with Crippen molar-refractivity contribution in [2.45, 2.75) is 19.8 Å². The van der Waals surface area contributed by atoms with Crippen LogP contribution < -0.4 is 5.32 Å². The molecule has 0 aliphatic carbocycles. The zero-order chi connectivity index (χ0) is 14.3. The van der Waals surface area contributed by atoms with Crippen molar-refractivity contribution >= 4 is 11.6 Å². The Balaban J connectivity index is 2.12. The minimum atomic E-state index is -2.50. The average molecular weight is 273 g/mol. The van der Waals surface area contributed by atoms with E-state index in [0.717, 1.165) is 16.7 Å². The van der Waals surface area contributed by atoms with Gasteiger partial charge in [-0.05, 0) is 36.2 Å². The van der Waals surface area contributed by atoms with Gasteiger partial charge < -0.3 is 5.32 Å². The molecule has 1 aliphatic rings. The number of anilines is 1. The van der Waals surface area contributed by atoms with E-state index in [-0.39, 0.29) is 11.5 Å². The maximum absolute atomic E-state index is 12.8. The molecule has 0 atom stereocenters. The summed E-state index contributed by atoms with van der Waals surface area (Å²) in [5, 5.41) is 2.78. The molecule has 2 nitrogen and oxygen atoms in total. The quantitative estimate of drug-likeness (QED) is 0.833. The lowest BCUT2D eigenvalue weighted by molar-refractivity contribution is 0.102. The number of amides is 1. The molecule has 1 N–H and O–H groups in total. The molecular weight excluding hydrogens is 260 g/mol. The number of rotatable bonds is 1. The van der Waals surface area contributed by atoms with Crippen LogP contribution in [0.2, 0.25) is 0 Å². The first-order chi connectivity index (χ1) is 9.54. The Morgan fingerprint density at radius 2 is 1.90 bits per heavy atom. The molecule has 0 saturated heterocycles. The lowest BCUT2D eigenvalue weighted by atomic mass is 9.97. The molecule has 102 valence electrons. The minimum Gasteiger partial charge on any atom is -0.322 e. The first-order valence-electron chi connectivity index (χ1n) is 6.36. The molecule has 2 aromatic rings. The fourth-order valence-corrected chi connectivity index (χ4v) is 2.50. The summed E-state index contributed by atoms with van der Waals surface area (Å²) in [6.07, 6.45) is -2.03. The van der Waals surface area contributed by atoms with Crippen LogP contribution in [0.15, 0.2) is 36.4 Å². The number of halogens is 2. The Kier molecular flexibility index (Phi) is 3.01. The Morgan fingerprint density at radius 3 is 2.65 bits per heavy atom. The Labute approximate surface area is 115 Å². The van der Waals surface area contributed by atoms with Crippen LogP contribution in [-0.4, -0.2) is 5.91 Å². The molecule has 0 spiro atoms. The summed E-state index contributed by atoms with van der Waals surface area (Å²) in [6, 6.07) is 9.95. The van der Waals surface area contributed by atoms with Gasteiger partial charge in [-0.1, -0.05) is 23.8 Å². The van der Waals surface area contributed by atoms with Crippen LogP contribution in [0.1, 0.15) is 39.0 Å². The molecule has 1 heterocycles. The smallest absolute Gasteiger partial charge is 0.263 e. The summed E-state index contributed by atoms with van der Waals surface area (Å²) in [5.74, 6) is -0.191. The Bertz CT molecular complexity index is 695. The number of carbonyl (C=O) groups is 1. The zero-order valence-electron chi connectivity index (χ0n) is 10.9. The van der Waals surface area contributed by atoms with Crippen molar-refractivity contribution in [3.63, 3.8) is 0 Å². The van der Waals surface area contributed by atoms with Crippen molar-refractivity contribution in [2.75, 3.05) is 5.32 Å². The number of alkyl halides is 2. The number of nitrogens with one attached hydrogen (secondary N) is 1. The second-order valence-corrected chi connectivity index (χ2v) is 5.01. The summed E-state index contributed by atoms with van der Waals surface area (Å²) in [6.45, 7) is 1.94. The van der Waals surface area contributed by atoms with Gasteiger partial charge in [0.1, 0.15) is 0 Å². The monoisotopic (exact) mass is 273 g/mol. The minimum absolute atomic E-state index is 0.0193. The number of hydrogen-bond donors (Lipinski definition) is 1. The molecule has 4 heteroatoms. The van der Waals surface area contributed by atoms with Gasteiger partial charge in [-0.15, -0.1) is 0 Å². The number of aryl methyl sites for hydroxylation is 1. The largest absolute Gasteiger partial charge is 0.322 e. The van der Waals surface area contributed by atoms with E-state index >= 15 is 0 Å². The van der Waals surface area contributed by atoms with Gasteiger partial charge in [0.2, 0.25) is 0 Å². The predicted molar refractivity (Wildman–Crippen MR) is 73.3 cm³/mol. The fourth-order valence-electron chi connectivity index (χ4n) is 2.50. The molecule has 0 aromatic heterocycles. The van der Waals surface area contributed by atoms with Crippen molar-refractivity contribution in [3.8, 4) is 0 Å². The summed E-state index contributed by atoms with van der Waals surface area (Å²) < 4.78 is 25.6. The van der Waals surface area contributed by atoms with E-state index in [1.807, 2.05) is 19.1 Å². The van der Waals surface area contributed by atoms with E-state index in [1.165, 1.54) is 12.1 Å². The standard InChI is InChI=1S/C16H13F2NO/c1-9-2-4-13-11(6-9)8-12-7-10(15(17)18)3-5-14(12)19-16(13)20/h2-7,15H,8H2,1H3,(H,19,20). The maximum atomic E-state index is 12.8. The highest BCUT2D eigenvalue weighted by atomic mass is 19.3. The molecular formula is C16H13F2NO. The molecule has 0 saturated carbocycles.